The number of esters is 2. The van der Waals surface area contributed by atoms with E-state index in [0.29, 0.717) is 6.61 Å². The largest absolute Gasteiger partial charge is 0.465 e. The number of hydrogen-bond donors (Lipinski definition) is 0. The van der Waals surface area contributed by atoms with Gasteiger partial charge in [-0.1, -0.05) is 37.6 Å². The van der Waals surface area contributed by atoms with Gasteiger partial charge in [0.25, 0.3) is 0 Å². The summed E-state index contributed by atoms with van der Waals surface area (Å²) in [6.45, 7) is 4.47. The number of rotatable bonds is 8. The van der Waals surface area contributed by atoms with Crippen LogP contribution in [-0.2, 0) is 30.3 Å². The lowest BCUT2D eigenvalue weighted by Crippen LogP contribution is -2.22. The third-order valence-electron chi connectivity index (χ3n) is 4.91. The Kier molecular flexibility index (Phi) is 7.16. The van der Waals surface area contributed by atoms with Crippen molar-refractivity contribution in [2.45, 2.75) is 51.9 Å². The zero-order valence-corrected chi connectivity index (χ0v) is 14.9. The predicted molar refractivity (Wildman–Crippen MR) is 92.8 cm³/mol. The van der Waals surface area contributed by atoms with Crippen LogP contribution in [0.15, 0.2) is 24.3 Å². The fraction of sp³-hybridized carbons (Fsp3) is 0.550. The van der Waals surface area contributed by atoms with Crippen molar-refractivity contribution in [3.05, 3.63) is 35.4 Å². The van der Waals surface area contributed by atoms with Gasteiger partial charge in [0.1, 0.15) is 0 Å². The summed E-state index contributed by atoms with van der Waals surface area (Å²) in [4.78, 5) is 34.2. The van der Waals surface area contributed by atoms with Crippen molar-refractivity contribution in [1.29, 1.82) is 0 Å². The molecular formula is C20H26O5. The minimum atomic E-state index is -0.415. The first-order valence-corrected chi connectivity index (χ1v) is 8.96. The number of carbonyl (C=O) groups excluding carboxylic acids is 3. The van der Waals surface area contributed by atoms with E-state index in [2.05, 4.69) is 4.74 Å². The molecule has 136 valence electrons. The molecule has 0 aliphatic heterocycles. The molecule has 1 fully saturated rings. The Hall–Kier alpha value is -2.17. The topological polar surface area (TPSA) is 69.7 Å². The second-order valence-electron chi connectivity index (χ2n) is 6.67. The van der Waals surface area contributed by atoms with E-state index in [4.69, 9.17) is 4.74 Å². The van der Waals surface area contributed by atoms with Crippen LogP contribution in [0.1, 0.15) is 56.6 Å². The Bertz CT molecular complexity index is 593. The van der Waals surface area contributed by atoms with Crippen molar-refractivity contribution in [2.75, 3.05) is 6.61 Å². The molecule has 1 aromatic rings. The SMILES string of the molecule is CCCOC(=O)C(C)c1ccc(CC2CCCC2C(=O)OC=O)cc1. The molecule has 0 radical (unpaired) electrons. The number of hydrogen-bond acceptors (Lipinski definition) is 5. The van der Waals surface area contributed by atoms with Gasteiger partial charge in [-0.3, -0.25) is 14.4 Å². The summed E-state index contributed by atoms with van der Waals surface area (Å²) in [5.74, 6) is -0.913. The van der Waals surface area contributed by atoms with Gasteiger partial charge < -0.3 is 9.47 Å². The zero-order chi connectivity index (χ0) is 18.2. The molecule has 0 bridgehead atoms. The van der Waals surface area contributed by atoms with Crippen molar-refractivity contribution in [3.63, 3.8) is 0 Å². The van der Waals surface area contributed by atoms with Gasteiger partial charge in [0, 0.05) is 0 Å². The van der Waals surface area contributed by atoms with Gasteiger partial charge in [0.15, 0.2) is 0 Å². The highest BCUT2D eigenvalue weighted by Crippen LogP contribution is 2.35. The molecule has 5 heteroatoms. The number of ether oxygens (including phenoxy) is 2. The molecule has 0 aromatic heterocycles. The molecule has 1 saturated carbocycles. The van der Waals surface area contributed by atoms with Crippen LogP contribution in [0.5, 0.6) is 0 Å². The van der Waals surface area contributed by atoms with Gasteiger partial charge in [-0.2, -0.15) is 0 Å². The Morgan fingerprint density at radius 1 is 1.24 bits per heavy atom. The molecule has 0 amide bonds. The first kappa shape index (κ1) is 19.2. The second-order valence-corrected chi connectivity index (χ2v) is 6.67. The summed E-state index contributed by atoms with van der Waals surface area (Å²) >= 11 is 0. The van der Waals surface area contributed by atoms with Crippen LogP contribution in [0.4, 0.5) is 0 Å². The van der Waals surface area contributed by atoms with Gasteiger partial charge in [0.2, 0.25) is 0 Å². The minimum Gasteiger partial charge on any atom is -0.465 e. The fourth-order valence-electron chi connectivity index (χ4n) is 3.44. The van der Waals surface area contributed by atoms with E-state index < -0.39 is 5.97 Å². The normalized spacial score (nSPS) is 20.7. The van der Waals surface area contributed by atoms with E-state index in [9.17, 15) is 14.4 Å². The average Bonchev–Trinajstić information content (AvgIpc) is 3.08. The summed E-state index contributed by atoms with van der Waals surface area (Å²) in [7, 11) is 0. The Labute approximate surface area is 148 Å². The molecule has 1 aliphatic carbocycles. The smallest absolute Gasteiger partial charge is 0.316 e. The monoisotopic (exact) mass is 346 g/mol. The lowest BCUT2D eigenvalue weighted by molar-refractivity contribution is -0.156. The molecule has 1 aromatic carbocycles. The Morgan fingerprint density at radius 2 is 1.96 bits per heavy atom. The van der Waals surface area contributed by atoms with E-state index in [1.807, 2.05) is 38.1 Å². The molecule has 25 heavy (non-hydrogen) atoms. The van der Waals surface area contributed by atoms with Crippen molar-refractivity contribution in [3.8, 4) is 0 Å². The van der Waals surface area contributed by atoms with Gasteiger partial charge in [0.05, 0.1) is 18.4 Å². The van der Waals surface area contributed by atoms with Crippen LogP contribution in [0.25, 0.3) is 0 Å². The van der Waals surface area contributed by atoms with Crippen molar-refractivity contribution in [2.24, 2.45) is 11.8 Å². The average molecular weight is 346 g/mol. The lowest BCUT2D eigenvalue weighted by Gasteiger charge is -2.17. The minimum absolute atomic E-state index is 0.199. The molecule has 0 spiro atoms. The zero-order valence-electron chi connectivity index (χ0n) is 14.9. The third-order valence-corrected chi connectivity index (χ3v) is 4.91. The molecule has 0 N–H and O–H groups in total. The Morgan fingerprint density at radius 3 is 2.60 bits per heavy atom. The fourth-order valence-corrected chi connectivity index (χ4v) is 3.44. The summed E-state index contributed by atoms with van der Waals surface area (Å²) < 4.78 is 9.72. The molecule has 3 unspecified atom stereocenters. The van der Waals surface area contributed by atoms with Crippen LogP contribution in [0.3, 0.4) is 0 Å². The van der Waals surface area contributed by atoms with E-state index in [0.717, 1.165) is 43.2 Å². The molecule has 3 atom stereocenters. The Balaban J connectivity index is 1.96. The standard InChI is InChI=1S/C20H26O5/c1-3-11-24-19(22)14(2)16-9-7-15(8-10-16)12-17-5-4-6-18(17)20(23)25-13-21/h7-10,13-14,17-18H,3-6,11-12H2,1-2H3. The van der Waals surface area contributed by atoms with E-state index in [1.165, 1.54) is 0 Å². The quantitative estimate of drug-likeness (QED) is 0.410. The molecule has 0 heterocycles. The number of benzene rings is 1. The first-order chi connectivity index (χ1) is 12.1. The van der Waals surface area contributed by atoms with Gasteiger partial charge in [-0.25, -0.2) is 0 Å². The van der Waals surface area contributed by atoms with Crippen LogP contribution < -0.4 is 0 Å². The number of carbonyl (C=O) groups is 3. The van der Waals surface area contributed by atoms with Crippen LogP contribution in [-0.4, -0.2) is 25.0 Å². The lowest BCUT2D eigenvalue weighted by atomic mass is 9.89. The van der Waals surface area contributed by atoms with Crippen LogP contribution in [0, 0.1) is 11.8 Å². The first-order valence-electron chi connectivity index (χ1n) is 8.96. The molecule has 2 rings (SSSR count). The highest BCUT2D eigenvalue weighted by molar-refractivity contribution is 5.79. The highest BCUT2D eigenvalue weighted by atomic mass is 16.6. The maximum atomic E-state index is 11.9. The van der Waals surface area contributed by atoms with Gasteiger partial charge in [-0.05, 0) is 49.7 Å². The van der Waals surface area contributed by atoms with Crippen molar-refractivity contribution >= 4 is 18.4 Å². The van der Waals surface area contributed by atoms with Gasteiger partial charge in [-0.15, -0.1) is 0 Å². The summed E-state index contributed by atoms with van der Waals surface area (Å²) in [6, 6.07) is 7.89. The third kappa shape index (κ3) is 5.15. The molecule has 0 saturated heterocycles. The summed E-state index contributed by atoms with van der Waals surface area (Å²) in [6.07, 6.45) is 4.29. The predicted octanol–water partition coefficient (Wildman–Crippen LogP) is 3.40. The van der Waals surface area contributed by atoms with E-state index in [1.54, 1.807) is 0 Å². The second kappa shape index (κ2) is 9.35. The highest BCUT2D eigenvalue weighted by Gasteiger charge is 2.34. The molecule has 5 nitrogen and oxygen atoms in total. The summed E-state index contributed by atoms with van der Waals surface area (Å²) in [5, 5.41) is 0. The van der Waals surface area contributed by atoms with Crippen LogP contribution in [0.2, 0.25) is 0 Å². The molecular weight excluding hydrogens is 320 g/mol. The van der Waals surface area contributed by atoms with Gasteiger partial charge >= 0.3 is 18.4 Å². The summed E-state index contributed by atoms with van der Waals surface area (Å²) in [5.41, 5.74) is 2.04. The van der Waals surface area contributed by atoms with Crippen molar-refractivity contribution in [1.82, 2.24) is 0 Å². The molecule has 1 aliphatic rings. The van der Waals surface area contributed by atoms with E-state index >= 15 is 0 Å². The maximum Gasteiger partial charge on any atom is 0.316 e. The van der Waals surface area contributed by atoms with Crippen LogP contribution >= 0.6 is 0 Å². The van der Waals surface area contributed by atoms with Crippen molar-refractivity contribution < 1.29 is 23.9 Å². The van der Waals surface area contributed by atoms with E-state index in [-0.39, 0.29) is 30.2 Å². The maximum absolute atomic E-state index is 11.9.